The van der Waals surface area contributed by atoms with Crippen LogP contribution in [0.4, 0.5) is 11.4 Å². The number of nitro benzene ring substituents is 1. The molecule has 1 aliphatic heterocycles. The van der Waals surface area contributed by atoms with Gasteiger partial charge in [0, 0.05) is 22.7 Å². The van der Waals surface area contributed by atoms with Crippen molar-refractivity contribution in [2.75, 3.05) is 5.01 Å². The van der Waals surface area contributed by atoms with Crippen LogP contribution in [0.25, 0.3) is 6.08 Å². The number of hydrazine groups is 1. The Morgan fingerprint density at radius 2 is 1.81 bits per heavy atom. The van der Waals surface area contributed by atoms with Crippen molar-refractivity contribution in [2.45, 2.75) is 6.61 Å². The summed E-state index contributed by atoms with van der Waals surface area (Å²) in [5, 5.41) is 12.5. The molecule has 2 amide bonds. The van der Waals surface area contributed by atoms with Crippen LogP contribution in [0.3, 0.4) is 0 Å². The van der Waals surface area contributed by atoms with Crippen LogP contribution in [0.2, 0.25) is 5.02 Å². The van der Waals surface area contributed by atoms with Gasteiger partial charge in [-0.1, -0.05) is 41.9 Å². The van der Waals surface area contributed by atoms with Crippen molar-refractivity contribution in [3.05, 3.63) is 105 Å². The molecule has 1 fully saturated rings. The highest BCUT2D eigenvalue weighted by Crippen LogP contribution is 2.29. The highest BCUT2D eigenvalue weighted by Gasteiger charge is 2.34. The fourth-order valence-corrected chi connectivity index (χ4v) is 3.34. The zero-order valence-corrected chi connectivity index (χ0v) is 17.3. The first-order chi connectivity index (χ1) is 15.4. The third-order valence-electron chi connectivity index (χ3n) is 4.69. The second-order valence-electron chi connectivity index (χ2n) is 6.87. The predicted octanol–water partition coefficient (Wildman–Crippen LogP) is 4.29. The summed E-state index contributed by atoms with van der Waals surface area (Å²) < 4.78 is 5.82. The molecular weight excluding hydrogens is 434 g/mol. The van der Waals surface area contributed by atoms with E-state index in [4.69, 9.17) is 16.3 Å². The summed E-state index contributed by atoms with van der Waals surface area (Å²) in [6.45, 7) is 0.0514. The van der Waals surface area contributed by atoms with Gasteiger partial charge in [0.15, 0.2) is 0 Å². The second-order valence-corrected chi connectivity index (χ2v) is 7.31. The molecule has 0 saturated carbocycles. The van der Waals surface area contributed by atoms with E-state index in [1.54, 1.807) is 60.7 Å². The first-order valence-electron chi connectivity index (χ1n) is 9.50. The predicted molar refractivity (Wildman–Crippen MR) is 119 cm³/mol. The molecule has 1 heterocycles. The minimum Gasteiger partial charge on any atom is -0.488 e. The second kappa shape index (κ2) is 8.91. The standard InChI is InChI=1S/C23H16ClN3O5/c24-17-9-10-21(32-14-15-5-4-8-19(11-15)27(30)31)16(12-17)13-20-22(28)25-26(23(20)29)18-6-2-1-3-7-18/h1-13H,14H2,(H,25,28). The average molecular weight is 450 g/mol. The molecular formula is C23H16ClN3O5. The molecule has 0 aliphatic carbocycles. The first-order valence-corrected chi connectivity index (χ1v) is 9.88. The lowest BCUT2D eigenvalue weighted by Crippen LogP contribution is -2.35. The molecule has 32 heavy (non-hydrogen) atoms. The van der Waals surface area contributed by atoms with Crippen molar-refractivity contribution < 1.29 is 19.2 Å². The topological polar surface area (TPSA) is 102 Å². The molecule has 3 aromatic rings. The van der Waals surface area contributed by atoms with Crippen molar-refractivity contribution in [3.63, 3.8) is 0 Å². The molecule has 160 valence electrons. The number of benzene rings is 3. The summed E-state index contributed by atoms with van der Waals surface area (Å²) in [6, 6.07) is 19.6. The first kappa shape index (κ1) is 21.1. The highest BCUT2D eigenvalue weighted by atomic mass is 35.5. The van der Waals surface area contributed by atoms with Crippen LogP contribution in [-0.2, 0) is 16.2 Å². The van der Waals surface area contributed by atoms with E-state index in [1.165, 1.54) is 23.2 Å². The van der Waals surface area contributed by atoms with Gasteiger partial charge in [-0.2, -0.15) is 0 Å². The molecule has 1 saturated heterocycles. The Labute approximate surface area is 187 Å². The summed E-state index contributed by atoms with van der Waals surface area (Å²) >= 11 is 6.12. The Morgan fingerprint density at radius 3 is 2.56 bits per heavy atom. The van der Waals surface area contributed by atoms with E-state index in [0.717, 1.165) is 0 Å². The van der Waals surface area contributed by atoms with Gasteiger partial charge < -0.3 is 4.74 Å². The fraction of sp³-hybridized carbons (Fsp3) is 0.0435. The van der Waals surface area contributed by atoms with Crippen molar-refractivity contribution in [1.82, 2.24) is 5.43 Å². The van der Waals surface area contributed by atoms with Crippen molar-refractivity contribution in [3.8, 4) is 5.75 Å². The number of nitro groups is 1. The molecule has 3 aromatic carbocycles. The summed E-state index contributed by atoms with van der Waals surface area (Å²) in [7, 11) is 0. The number of hydrogen-bond donors (Lipinski definition) is 1. The van der Waals surface area contributed by atoms with Crippen LogP contribution in [0.15, 0.2) is 78.4 Å². The van der Waals surface area contributed by atoms with Gasteiger partial charge >= 0.3 is 0 Å². The summed E-state index contributed by atoms with van der Waals surface area (Å²) in [4.78, 5) is 35.8. The number of para-hydroxylation sites is 1. The maximum Gasteiger partial charge on any atom is 0.282 e. The monoisotopic (exact) mass is 449 g/mol. The molecule has 8 nitrogen and oxygen atoms in total. The maximum absolute atomic E-state index is 12.8. The number of carbonyl (C=O) groups excluding carboxylic acids is 2. The van der Waals surface area contributed by atoms with Gasteiger partial charge in [-0.25, -0.2) is 5.01 Å². The maximum atomic E-state index is 12.8. The molecule has 0 bridgehead atoms. The third-order valence-corrected chi connectivity index (χ3v) is 4.93. The van der Waals surface area contributed by atoms with Crippen LogP contribution in [-0.4, -0.2) is 16.7 Å². The largest absolute Gasteiger partial charge is 0.488 e. The molecule has 0 atom stereocenters. The Kier molecular flexibility index (Phi) is 5.87. The number of amides is 2. The van der Waals surface area contributed by atoms with Crippen LogP contribution >= 0.6 is 11.6 Å². The minimum absolute atomic E-state index is 0.0428. The van der Waals surface area contributed by atoms with Gasteiger partial charge in [-0.3, -0.25) is 25.1 Å². The zero-order chi connectivity index (χ0) is 22.7. The number of nitrogens with zero attached hydrogens (tertiary/aromatic N) is 2. The lowest BCUT2D eigenvalue weighted by molar-refractivity contribution is -0.384. The van der Waals surface area contributed by atoms with Crippen molar-refractivity contribution >= 4 is 40.9 Å². The molecule has 0 unspecified atom stereocenters. The van der Waals surface area contributed by atoms with Gasteiger partial charge in [0.25, 0.3) is 17.5 Å². The van der Waals surface area contributed by atoms with E-state index in [2.05, 4.69) is 5.43 Å². The number of ether oxygens (including phenoxy) is 1. The van der Waals surface area contributed by atoms with Gasteiger partial charge in [-0.15, -0.1) is 0 Å². The highest BCUT2D eigenvalue weighted by molar-refractivity contribution is 6.32. The Hall–Kier alpha value is -4.17. The van der Waals surface area contributed by atoms with Gasteiger partial charge in [0.2, 0.25) is 0 Å². The fourth-order valence-electron chi connectivity index (χ4n) is 3.16. The Bertz CT molecular complexity index is 1240. The number of halogens is 1. The van der Waals surface area contributed by atoms with Crippen molar-refractivity contribution in [1.29, 1.82) is 0 Å². The number of nitrogens with one attached hydrogen (secondary N) is 1. The lowest BCUT2D eigenvalue weighted by atomic mass is 10.1. The average Bonchev–Trinajstić information content (AvgIpc) is 3.07. The zero-order valence-electron chi connectivity index (χ0n) is 16.5. The van der Waals surface area contributed by atoms with Crippen LogP contribution in [0.1, 0.15) is 11.1 Å². The molecule has 1 aliphatic rings. The van der Waals surface area contributed by atoms with Crippen LogP contribution in [0.5, 0.6) is 5.75 Å². The van der Waals surface area contributed by atoms with Gasteiger partial charge in [0.05, 0.1) is 10.6 Å². The van der Waals surface area contributed by atoms with Gasteiger partial charge in [0.1, 0.15) is 17.9 Å². The van der Waals surface area contributed by atoms with E-state index >= 15 is 0 Å². The number of rotatable bonds is 6. The van der Waals surface area contributed by atoms with E-state index in [-0.39, 0.29) is 17.9 Å². The minimum atomic E-state index is -0.552. The van der Waals surface area contributed by atoms with Gasteiger partial charge in [-0.05, 0) is 42.0 Å². The number of anilines is 1. The Morgan fingerprint density at radius 1 is 1.03 bits per heavy atom. The third kappa shape index (κ3) is 4.45. The summed E-state index contributed by atoms with van der Waals surface area (Å²) in [6.07, 6.45) is 1.41. The molecule has 9 heteroatoms. The van der Waals surface area contributed by atoms with E-state index in [0.29, 0.717) is 27.6 Å². The normalized spacial score (nSPS) is 14.5. The molecule has 0 aromatic heterocycles. The molecule has 4 rings (SSSR count). The molecule has 0 radical (unpaired) electrons. The quantitative estimate of drug-likeness (QED) is 0.262. The number of hydrogen-bond acceptors (Lipinski definition) is 5. The number of carbonyl (C=O) groups is 2. The summed E-state index contributed by atoms with van der Waals surface area (Å²) in [5.74, 6) is -0.693. The molecule has 0 spiro atoms. The summed E-state index contributed by atoms with van der Waals surface area (Å²) in [5.41, 5.74) is 3.97. The van der Waals surface area contributed by atoms with Crippen LogP contribution < -0.4 is 15.2 Å². The van der Waals surface area contributed by atoms with E-state index < -0.39 is 16.7 Å². The Balaban J connectivity index is 1.60. The van der Waals surface area contributed by atoms with E-state index in [1.807, 2.05) is 0 Å². The number of non-ortho nitro benzene ring substituents is 1. The van der Waals surface area contributed by atoms with Crippen LogP contribution in [0, 0.1) is 10.1 Å². The molecule has 1 N–H and O–H groups in total. The smallest absolute Gasteiger partial charge is 0.282 e. The SMILES string of the molecule is O=C1NN(c2ccccc2)C(=O)C1=Cc1cc(Cl)ccc1OCc1cccc([N+](=O)[O-])c1. The van der Waals surface area contributed by atoms with Crippen molar-refractivity contribution in [2.24, 2.45) is 0 Å². The lowest BCUT2D eigenvalue weighted by Gasteiger charge is -2.14. The van der Waals surface area contributed by atoms with E-state index in [9.17, 15) is 19.7 Å².